The summed E-state index contributed by atoms with van der Waals surface area (Å²) in [4.78, 5) is 12.4. The van der Waals surface area contributed by atoms with Gasteiger partial charge in [0.25, 0.3) is 0 Å². The van der Waals surface area contributed by atoms with Crippen LogP contribution in [0.1, 0.15) is 61.0 Å². The monoisotopic (exact) mass is 382 g/mol. The summed E-state index contributed by atoms with van der Waals surface area (Å²) in [5.74, 6) is 1.60. The van der Waals surface area contributed by atoms with Crippen molar-refractivity contribution < 1.29 is 19.4 Å². The van der Waals surface area contributed by atoms with Crippen molar-refractivity contribution in [2.24, 2.45) is 0 Å². The van der Waals surface area contributed by atoms with E-state index in [4.69, 9.17) is 9.47 Å². The van der Waals surface area contributed by atoms with Crippen molar-refractivity contribution in [1.29, 1.82) is 0 Å². The zero-order valence-corrected chi connectivity index (χ0v) is 17.0. The van der Waals surface area contributed by atoms with Gasteiger partial charge in [-0.25, -0.2) is 0 Å². The first-order valence-corrected chi connectivity index (χ1v) is 9.96. The van der Waals surface area contributed by atoms with Crippen LogP contribution in [0.5, 0.6) is 17.2 Å². The molecule has 0 atom stereocenters. The Morgan fingerprint density at radius 3 is 2.00 bits per heavy atom. The molecule has 0 amide bonds. The number of hydrogen-bond donors (Lipinski definition) is 1. The lowest BCUT2D eigenvalue weighted by Crippen LogP contribution is -2.03. The van der Waals surface area contributed by atoms with Crippen molar-refractivity contribution >= 4 is 11.9 Å². The molecule has 0 heterocycles. The van der Waals surface area contributed by atoms with Gasteiger partial charge < -0.3 is 14.6 Å². The predicted octanol–water partition coefficient (Wildman–Crippen LogP) is 5.95. The molecular formula is C24H30O4. The zero-order valence-electron chi connectivity index (χ0n) is 17.0. The van der Waals surface area contributed by atoms with Crippen LogP contribution in [0.25, 0.3) is 6.08 Å². The highest BCUT2D eigenvalue weighted by molar-refractivity contribution is 6.06. The van der Waals surface area contributed by atoms with E-state index in [0.717, 1.165) is 48.3 Å². The van der Waals surface area contributed by atoms with Crippen LogP contribution in [-0.2, 0) is 0 Å². The van der Waals surface area contributed by atoms with Crippen molar-refractivity contribution in [3.05, 3.63) is 59.2 Å². The van der Waals surface area contributed by atoms with Gasteiger partial charge in [0, 0.05) is 11.1 Å². The second-order valence-electron chi connectivity index (χ2n) is 6.79. The number of ether oxygens (including phenoxy) is 2. The van der Waals surface area contributed by atoms with Crippen LogP contribution in [0.2, 0.25) is 0 Å². The van der Waals surface area contributed by atoms with Gasteiger partial charge in [0.05, 0.1) is 13.2 Å². The summed E-state index contributed by atoms with van der Waals surface area (Å²) in [5.41, 5.74) is 2.37. The van der Waals surface area contributed by atoms with Gasteiger partial charge in [-0.3, -0.25) is 4.79 Å². The Labute approximate surface area is 167 Å². The smallest absolute Gasteiger partial charge is 0.185 e. The van der Waals surface area contributed by atoms with Crippen molar-refractivity contribution in [2.45, 2.75) is 46.5 Å². The summed E-state index contributed by atoms with van der Waals surface area (Å²) in [5, 5.41) is 9.35. The third-order valence-corrected chi connectivity index (χ3v) is 4.42. The maximum absolute atomic E-state index is 12.4. The molecule has 4 nitrogen and oxygen atoms in total. The molecule has 0 fully saturated rings. The lowest BCUT2D eigenvalue weighted by atomic mass is 10.1. The first-order chi connectivity index (χ1) is 13.5. The van der Waals surface area contributed by atoms with Crippen molar-refractivity contribution in [3.63, 3.8) is 0 Å². The van der Waals surface area contributed by atoms with Crippen molar-refractivity contribution in [1.82, 2.24) is 0 Å². The van der Waals surface area contributed by atoms with Crippen molar-refractivity contribution in [2.75, 3.05) is 13.2 Å². The van der Waals surface area contributed by atoms with E-state index in [0.29, 0.717) is 18.8 Å². The Bertz CT molecular complexity index is 760. The van der Waals surface area contributed by atoms with Crippen LogP contribution in [0, 0.1) is 6.92 Å². The second kappa shape index (κ2) is 11.2. The standard InChI is InChI=1S/C24H30O4/c1-4-6-14-27-23-16-19(17-24(18(23)3)28-15-7-5-2)8-13-22(26)20-9-11-21(25)12-10-20/h8-13,16-17,25H,4-7,14-15H2,1-3H3/b13-8+. The predicted molar refractivity (Wildman–Crippen MR) is 113 cm³/mol. The molecule has 1 N–H and O–H groups in total. The molecule has 2 aromatic carbocycles. The number of aromatic hydroxyl groups is 1. The molecule has 2 rings (SSSR count). The zero-order chi connectivity index (χ0) is 20.4. The summed E-state index contributed by atoms with van der Waals surface area (Å²) in [6, 6.07) is 10.1. The number of phenols is 1. The van der Waals surface area contributed by atoms with E-state index < -0.39 is 0 Å². The van der Waals surface area contributed by atoms with E-state index in [-0.39, 0.29) is 11.5 Å². The fourth-order valence-corrected chi connectivity index (χ4v) is 2.63. The number of rotatable bonds is 11. The van der Waals surface area contributed by atoms with Crippen LogP contribution < -0.4 is 9.47 Å². The lowest BCUT2D eigenvalue weighted by Gasteiger charge is -2.15. The molecule has 4 heteroatoms. The van der Waals surface area contributed by atoms with Gasteiger partial charge in [-0.05, 0) is 67.8 Å². The minimum Gasteiger partial charge on any atom is -0.508 e. The van der Waals surface area contributed by atoms with Crippen LogP contribution in [-0.4, -0.2) is 24.1 Å². The maximum atomic E-state index is 12.4. The van der Waals surface area contributed by atoms with Gasteiger partial charge in [-0.2, -0.15) is 0 Å². The van der Waals surface area contributed by atoms with E-state index in [9.17, 15) is 9.90 Å². The number of phenolic OH excluding ortho intramolecular Hbond substituents is 1. The average Bonchev–Trinajstić information content (AvgIpc) is 2.69. The normalized spacial score (nSPS) is 11.0. The third-order valence-electron chi connectivity index (χ3n) is 4.42. The quantitative estimate of drug-likeness (QED) is 0.296. The van der Waals surface area contributed by atoms with Gasteiger partial charge >= 0.3 is 0 Å². The van der Waals surface area contributed by atoms with E-state index in [2.05, 4.69) is 13.8 Å². The Balaban J connectivity index is 2.22. The highest BCUT2D eigenvalue weighted by atomic mass is 16.5. The van der Waals surface area contributed by atoms with Gasteiger partial charge in [-0.1, -0.05) is 32.8 Å². The second-order valence-corrected chi connectivity index (χ2v) is 6.79. The molecule has 0 unspecified atom stereocenters. The molecule has 0 aliphatic carbocycles. The maximum Gasteiger partial charge on any atom is 0.185 e. The third kappa shape index (κ3) is 6.45. The largest absolute Gasteiger partial charge is 0.508 e. The summed E-state index contributed by atoms with van der Waals surface area (Å²) >= 11 is 0. The number of ketones is 1. The fraction of sp³-hybridized carbons (Fsp3) is 0.375. The average molecular weight is 383 g/mol. The van der Waals surface area contributed by atoms with Crippen molar-refractivity contribution in [3.8, 4) is 17.2 Å². The van der Waals surface area contributed by atoms with E-state index >= 15 is 0 Å². The van der Waals surface area contributed by atoms with Gasteiger partial charge in [0.2, 0.25) is 0 Å². The molecule has 0 spiro atoms. The summed E-state index contributed by atoms with van der Waals surface area (Å²) in [7, 11) is 0. The van der Waals surface area contributed by atoms with E-state index in [1.54, 1.807) is 18.2 Å². The topological polar surface area (TPSA) is 55.8 Å². The van der Waals surface area contributed by atoms with Gasteiger partial charge in [-0.15, -0.1) is 0 Å². The number of allylic oxidation sites excluding steroid dienone is 1. The van der Waals surface area contributed by atoms with Gasteiger partial charge in [0.1, 0.15) is 17.2 Å². The molecule has 2 aromatic rings. The summed E-state index contributed by atoms with van der Waals surface area (Å²) < 4.78 is 11.9. The Hall–Kier alpha value is -2.75. The Morgan fingerprint density at radius 1 is 0.964 bits per heavy atom. The SMILES string of the molecule is CCCCOc1cc(/C=C/C(=O)c2ccc(O)cc2)cc(OCCCC)c1C. The Morgan fingerprint density at radius 2 is 1.50 bits per heavy atom. The first-order valence-electron chi connectivity index (χ1n) is 9.96. The molecule has 28 heavy (non-hydrogen) atoms. The number of benzene rings is 2. The number of hydrogen-bond acceptors (Lipinski definition) is 4. The van der Waals surface area contributed by atoms with Gasteiger partial charge in [0.15, 0.2) is 5.78 Å². The van der Waals surface area contributed by atoms with Crippen LogP contribution >= 0.6 is 0 Å². The molecule has 150 valence electrons. The minimum atomic E-state index is -0.123. The fourth-order valence-electron chi connectivity index (χ4n) is 2.63. The molecule has 0 saturated heterocycles. The number of unbranched alkanes of at least 4 members (excludes halogenated alkanes) is 2. The lowest BCUT2D eigenvalue weighted by molar-refractivity contribution is 0.104. The molecule has 0 radical (unpaired) electrons. The number of carbonyl (C=O) groups is 1. The summed E-state index contributed by atoms with van der Waals surface area (Å²) in [6.45, 7) is 7.57. The molecule has 0 bridgehead atoms. The van der Waals surface area contributed by atoms with Crippen LogP contribution in [0.15, 0.2) is 42.5 Å². The highest BCUT2D eigenvalue weighted by Crippen LogP contribution is 2.31. The van der Waals surface area contributed by atoms with E-state index in [1.165, 1.54) is 18.2 Å². The molecule has 0 saturated carbocycles. The first kappa shape index (κ1) is 21.5. The number of carbonyl (C=O) groups excluding carboxylic acids is 1. The molecule has 0 aromatic heterocycles. The molecular weight excluding hydrogens is 352 g/mol. The highest BCUT2D eigenvalue weighted by Gasteiger charge is 2.10. The molecule has 0 aliphatic rings. The van der Waals surface area contributed by atoms with E-state index in [1.807, 2.05) is 19.1 Å². The van der Waals surface area contributed by atoms with Crippen LogP contribution in [0.3, 0.4) is 0 Å². The minimum absolute atomic E-state index is 0.123. The van der Waals surface area contributed by atoms with Crippen LogP contribution in [0.4, 0.5) is 0 Å². The summed E-state index contributed by atoms with van der Waals surface area (Å²) in [6.07, 6.45) is 7.42. The Kier molecular flexibility index (Phi) is 8.60. The molecule has 0 aliphatic heterocycles.